The molecule has 0 aliphatic carbocycles. The first-order valence-corrected chi connectivity index (χ1v) is 9.90. The molecule has 3 heterocycles. The van der Waals surface area contributed by atoms with Crippen molar-refractivity contribution in [2.45, 2.75) is 13.0 Å². The molecule has 3 aromatic rings. The lowest BCUT2D eigenvalue weighted by Crippen LogP contribution is -2.44. The van der Waals surface area contributed by atoms with E-state index < -0.39 is 17.8 Å². The first kappa shape index (κ1) is 21.1. The number of hydrogen-bond acceptors (Lipinski definition) is 7. The van der Waals surface area contributed by atoms with Gasteiger partial charge in [0.25, 0.3) is 6.43 Å². The van der Waals surface area contributed by atoms with Crippen LogP contribution in [0.5, 0.6) is 5.88 Å². The molecule has 1 aliphatic rings. The lowest BCUT2D eigenvalue weighted by atomic mass is 10.1. The second kappa shape index (κ2) is 8.93. The quantitative estimate of drug-likeness (QED) is 0.640. The number of hydrogen-bond donors (Lipinski definition) is 1. The van der Waals surface area contributed by atoms with Crippen molar-refractivity contribution in [2.24, 2.45) is 0 Å². The van der Waals surface area contributed by atoms with E-state index in [1.54, 1.807) is 7.11 Å². The summed E-state index contributed by atoms with van der Waals surface area (Å²) in [4.78, 5) is 17.4. The van der Waals surface area contributed by atoms with Crippen molar-refractivity contribution in [2.75, 3.05) is 50.6 Å². The van der Waals surface area contributed by atoms with Crippen LogP contribution in [-0.4, -0.2) is 60.2 Å². The van der Waals surface area contributed by atoms with Crippen LogP contribution in [0, 0.1) is 5.82 Å². The summed E-state index contributed by atoms with van der Waals surface area (Å²) in [5, 5.41) is 3.68. The number of halogens is 3. The van der Waals surface area contributed by atoms with Crippen molar-refractivity contribution in [3.05, 3.63) is 47.5 Å². The summed E-state index contributed by atoms with van der Waals surface area (Å²) in [6.07, 6.45) is -1.53. The molecule has 4 rings (SSSR count). The van der Waals surface area contributed by atoms with Crippen LogP contribution in [-0.2, 0) is 6.54 Å². The molecule has 0 radical (unpaired) electrons. The van der Waals surface area contributed by atoms with Crippen molar-refractivity contribution in [3.8, 4) is 5.88 Å². The molecular formula is C21H23F3N6O. The lowest BCUT2D eigenvalue weighted by Gasteiger charge is -2.34. The normalized spacial score (nSPS) is 15.0. The largest absolute Gasteiger partial charge is 0.479 e. The fourth-order valence-electron chi connectivity index (χ4n) is 3.61. The monoisotopic (exact) mass is 432 g/mol. The van der Waals surface area contributed by atoms with E-state index in [0.29, 0.717) is 22.7 Å². The Hall–Kier alpha value is -3.14. The summed E-state index contributed by atoms with van der Waals surface area (Å²) in [5.41, 5.74) is 0.766. The number of fused-ring (bicyclic) bond motifs is 1. The highest BCUT2D eigenvalue weighted by molar-refractivity contribution is 5.90. The van der Waals surface area contributed by atoms with E-state index >= 15 is 0 Å². The van der Waals surface area contributed by atoms with Gasteiger partial charge in [-0.3, -0.25) is 0 Å². The van der Waals surface area contributed by atoms with Gasteiger partial charge in [0.1, 0.15) is 23.6 Å². The van der Waals surface area contributed by atoms with Gasteiger partial charge in [0, 0.05) is 38.3 Å². The van der Waals surface area contributed by atoms with E-state index in [1.807, 2.05) is 6.07 Å². The molecule has 1 aliphatic heterocycles. The molecule has 2 aromatic heterocycles. The minimum Gasteiger partial charge on any atom is -0.479 e. The molecule has 0 bridgehead atoms. The number of pyridine rings is 1. The fourth-order valence-corrected chi connectivity index (χ4v) is 3.61. The summed E-state index contributed by atoms with van der Waals surface area (Å²) in [6, 6.07) is 5.87. The molecule has 31 heavy (non-hydrogen) atoms. The highest BCUT2D eigenvalue weighted by Gasteiger charge is 2.21. The smallest absolute Gasteiger partial charge is 0.266 e. The Labute approximate surface area is 177 Å². The third kappa shape index (κ3) is 4.34. The molecule has 1 fully saturated rings. The number of alkyl halides is 2. The van der Waals surface area contributed by atoms with E-state index in [1.165, 1.54) is 18.5 Å². The van der Waals surface area contributed by atoms with Crippen molar-refractivity contribution in [3.63, 3.8) is 0 Å². The average Bonchev–Trinajstić information content (AvgIpc) is 2.77. The highest BCUT2D eigenvalue weighted by Crippen LogP contribution is 2.33. The molecule has 10 heteroatoms. The van der Waals surface area contributed by atoms with E-state index in [0.717, 1.165) is 37.9 Å². The Morgan fingerprint density at radius 1 is 1.16 bits per heavy atom. The molecule has 0 saturated carbocycles. The molecule has 7 nitrogen and oxygen atoms in total. The third-order valence-electron chi connectivity index (χ3n) is 5.40. The van der Waals surface area contributed by atoms with Gasteiger partial charge in [-0.05, 0) is 13.1 Å². The summed E-state index contributed by atoms with van der Waals surface area (Å²) in [6.45, 7) is 3.47. The number of methoxy groups -OCH3 is 1. The molecule has 0 unspecified atom stereocenters. The van der Waals surface area contributed by atoms with E-state index in [2.05, 4.69) is 37.1 Å². The Kier molecular flexibility index (Phi) is 6.08. The average molecular weight is 432 g/mol. The first-order valence-electron chi connectivity index (χ1n) is 9.90. The number of benzene rings is 1. The van der Waals surface area contributed by atoms with E-state index in [-0.39, 0.29) is 12.1 Å². The predicted octanol–water partition coefficient (Wildman–Crippen LogP) is 3.47. The van der Waals surface area contributed by atoms with Crippen LogP contribution in [0.1, 0.15) is 17.6 Å². The Morgan fingerprint density at radius 2 is 1.94 bits per heavy atom. The van der Waals surface area contributed by atoms with E-state index in [4.69, 9.17) is 4.74 Å². The van der Waals surface area contributed by atoms with Gasteiger partial charge in [0.15, 0.2) is 5.65 Å². The number of rotatable bonds is 6. The van der Waals surface area contributed by atoms with Gasteiger partial charge in [0.2, 0.25) is 5.88 Å². The molecule has 0 spiro atoms. The lowest BCUT2D eigenvalue weighted by molar-refractivity contribution is 0.146. The number of ether oxygens (including phenoxy) is 1. The van der Waals surface area contributed by atoms with Crippen molar-refractivity contribution >= 4 is 22.5 Å². The number of likely N-dealkylation sites (N-methyl/N-ethyl adjacent to an activating group) is 1. The van der Waals surface area contributed by atoms with Crippen LogP contribution in [0.15, 0.2) is 30.6 Å². The number of piperazine rings is 1. The van der Waals surface area contributed by atoms with Crippen LogP contribution in [0.25, 0.3) is 11.0 Å². The molecule has 1 saturated heterocycles. The van der Waals surface area contributed by atoms with Crippen LogP contribution in [0.4, 0.5) is 24.7 Å². The number of anilines is 2. The summed E-state index contributed by atoms with van der Waals surface area (Å²) < 4.78 is 45.8. The zero-order valence-electron chi connectivity index (χ0n) is 17.3. The Morgan fingerprint density at radius 3 is 2.65 bits per heavy atom. The maximum atomic E-state index is 14.4. The second-order valence-electron chi connectivity index (χ2n) is 7.38. The summed E-state index contributed by atoms with van der Waals surface area (Å²) in [5.74, 6) is -0.00366. The Bertz CT molecular complexity index is 1070. The fraction of sp³-hybridized carbons (Fsp3) is 0.381. The van der Waals surface area contributed by atoms with E-state index in [9.17, 15) is 13.2 Å². The number of nitrogens with zero attached hydrogens (tertiary/aromatic N) is 5. The minimum atomic E-state index is -2.87. The van der Waals surface area contributed by atoms with Gasteiger partial charge in [0.05, 0.1) is 18.1 Å². The summed E-state index contributed by atoms with van der Waals surface area (Å²) in [7, 11) is 3.64. The summed E-state index contributed by atoms with van der Waals surface area (Å²) >= 11 is 0. The van der Waals surface area contributed by atoms with Crippen LogP contribution >= 0.6 is 0 Å². The van der Waals surface area contributed by atoms with Crippen LogP contribution in [0.3, 0.4) is 0 Å². The van der Waals surface area contributed by atoms with Crippen molar-refractivity contribution in [1.82, 2.24) is 19.9 Å². The van der Waals surface area contributed by atoms with Crippen LogP contribution in [0.2, 0.25) is 0 Å². The Balaban J connectivity index is 1.66. The molecule has 1 N–H and O–H groups in total. The number of aromatic nitrogens is 3. The molecule has 164 valence electrons. The van der Waals surface area contributed by atoms with Crippen molar-refractivity contribution in [1.29, 1.82) is 0 Å². The van der Waals surface area contributed by atoms with Crippen LogP contribution < -0.4 is 15.0 Å². The van der Waals surface area contributed by atoms with Gasteiger partial charge in [-0.15, -0.1) is 0 Å². The van der Waals surface area contributed by atoms with Gasteiger partial charge in [-0.2, -0.15) is 4.98 Å². The zero-order chi connectivity index (χ0) is 22.0. The van der Waals surface area contributed by atoms with Gasteiger partial charge < -0.3 is 19.9 Å². The van der Waals surface area contributed by atoms with Gasteiger partial charge >= 0.3 is 0 Å². The third-order valence-corrected chi connectivity index (χ3v) is 5.40. The SMILES string of the molecule is COc1nc2ncnc(NCc3cccc(C(F)F)c3F)c2cc1N1CCN(C)CC1. The van der Waals surface area contributed by atoms with Crippen molar-refractivity contribution < 1.29 is 17.9 Å². The minimum absolute atomic E-state index is 0.00558. The molecular weight excluding hydrogens is 409 g/mol. The predicted molar refractivity (Wildman–Crippen MR) is 112 cm³/mol. The van der Waals surface area contributed by atoms with Gasteiger partial charge in [-0.25, -0.2) is 23.1 Å². The molecule has 0 amide bonds. The molecule has 1 aromatic carbocycles. The topological polar surface area (TPSA) is 66.4 Å². The maximum absolute atomic E-state index is 14.4. The highest BCUT2D eigenvalue weighted by atomic mass is 19.3. The molecule has 0 atom stereocenters. The van der Waals surface area contributed by atoms with Gasteiger partial charge in [-0.1, -0.05) is 18.2 Å². The number of nitrogens with one attached hydrogen (secondary N) is 1. The maximum Gasteiger partial charge on any atom is 0.266 e. The standard InChI is InChI=1S/C21H23F3N6O/c1-29-6-8-30(9-7-29)16-10-15-19(26-12-27-20(15)28-21(16)31-2)25-11-13-4-3-5-14(17(13)22)18(23)24/h3-5,10,12,18H,6-9,11H2,1-2H3,(H,25,26,27,28). The second-order valence-corrected chi connectivity index (χ2v) is 7.38. The first-order chi connectivity index (χ1) is 15.0. The zero-order valence-corrected chi connectivity index (χ0v) is 17.3.